The van der Waals surface area contributed by atoms with Gasteiger partial charge in [0.05, 0.1) is 26.7 Å². The number of rotatable bonds is 7. The number of carbonyl (C=O) groups is 2. The van der Waals surface area contributed by atoms with Crippen LogP contribution in [0.1, 0.15) is 38.3 Å². The molecule has 0 radical (unpaired) electrons. The van der Waals surface area contributed by atoms with Gasteiger partial charge in [0.2, 0.25) is 5.91 Å². The van der Waals surface area contributed by atoms with E-state index in [-0.39, 0.29) is 23.7 Å². The van der Waals surface area contributed by atoms with E-state index < -0.39 is 12.0 Å². The summed E-state index contributed by atoms with van der Waals surface area (Å²) in [6, 6.07) is 4.55. The Morgan fingerprint density at radius 1 is 1.30 bits per heavy atom. The Morgan fingerprint density at radius 2 is 1.91 bits per heavy atom. The highest BCUT2D eigenvalue weighted by Crippen LogP contribution is 2.51. The van der Waals surface area contributed by atoms with Gasteiger partial charge in [0, 0.05) is 5.92 Å². The SMILES string of the molecule is COc1ccc(C(CC(=O)O)NC(=O)C2CC2(C)C)cc1OC. The third kappa shape index (κ3) is 3.94. The van der Waals surface area contributed by atoms with Gasteiger partial charge in [-0.15, -0.1) is 0 Å². The summed E-state index contributed by atoms with van der Waals surface area (Å²) in [7, 11) is 3.04. The summed E-state index contributed by atoms with van der Waals surface area (Å²) in [4.78, 5) is 23.5. The van der Waals surface area contributed by atoms with E-state index in [1.807, 2.05) is 13.8 Å². The molecule has 126 valence electrons. The monoisotopic (exact) mass is 321 g/mol. The van der Waals surface area contributed by atoms with Gasteiger partial charge >= 0.3 is 5.97 Å². The number of carboxylic acids is 1. The second-order valence-electron chi connectivity index (χ2n) is 6.52. The van der Waals surface area contributed by atoms with Gasteiger partial charge < -0.3 is 19.9 Å². The first-order chi connectivity index (χ1) is 10.8. The van der Waals surface area contributed by atoms with E-state index in [0.717, 1.165) is 6.42 Å². The Bertz CT molecular complexity index is 611. The third-order valence-electron chi connectivity index (χ3n) is 4.34. The predicted octanol–water partition coefficient (Wildman–Crippen LogP) is 2.38. The lowest BCUT2D eigenvalue weighted by Crippen LogP contribution is -2.32. The minimum absolute atomic E-state index is 0.00451. The Balaban J connectivity index is 2.21. The fourth-order valence-corrected chi connectivity index (χ4v) is 2.68. The molecule has 1 fully saturated rings. The molecule has 0 spiro atoms. The van der Waals surface area contributed by atoms with Crippen LogP contribution in [0, 0.1) is 11.3 Å². The van der Waals surface area contributed by atoms with Gasteiger partial charge in [0.15, 0.2) is 11.5 Å². The Morgan fingerprint density at radius 3 is 2.39 bits per heavy atom. The maximum atomic E-state index is 12.3. The normalized spacial score (nSPS) is 19.6. The highest BCUT2D eigenvalue weighted by atomic mass is 16.5. The molecule has 1 aromatic carbocycles. The standard InChI is InChI=1S/C17H23NO5/c1-17(2)9-11(17)16(21)18-12(8-15(19)20)10-5-6-13(22-3)14(7-10)23-4/h5-7,11-12H,8-9H2,1-4H3,(H,18,21)(H,19,20). The molecule has 1 amide bonds. The van der Waals surface area contributed by atoms with Crippen LogP contribution in [-0.2, 0) is 9.59 Å². The summed E-state index contributed by atoms with van der Waals surface area (Å²) in [5.74, 6) is -0.0727. The van der Waals surface area contributed by atoms with E-state index >= 15 is 0 Å². The second-order valence-corrected chi connectivity index (χ2v) is 6.52. The van der Waals surface area contributed by atoms with Crippen molar-refractivity contribution in [1.82, 2.24) is 5.32 Å². The van der Waals surface area contributed by atoms with E-state index in [9.17, 15) is 9.59 Å². The van der Waals surface area contributed by atoms with E-state index in [4.69, 9.17) is 14.6 Å². The van der Waals surface area contributed by atoms with E-state index in [1.54, 1.807) is 18.2 Å². The van der Waals surface area contributed by atoms with Crippen molar-refractivity contribution >= 4 is 11.9 Å². The zero-order chi connectivity index (χ0) is 17.2. The predicted molar refractivity (Wildman–Crippen MR) is 84.6 cm³/mol. The fourth-order valence-electron chi connectivity index (χ4n) is 2.68. The molecule has 1 aliphatic rings. The van der Waals surface area contributed by atoms with Crippen LogP contribution >= 0.6 is 0 Å². The molecule has 6 nitrogen and oxygen atoms in total. The first-order valence-corrected chi connectivity index (χ1v) is 7.52. The van der Waals surface area contributed by atoms with Crippen LogP contribution < -0.4 is 14.8 Å². The second kappa shape index (κ2) is 6.48. The molecule has 0 bridgehead atoms. The number of carboxylic acid groups (broad SMARTS) is 1. The van der Waals surface area contributed by atoms with Gasteiger partial charge in [-0.2, -0.15) is 0 Å². The van der Waals surface area contributed by atoms with Crippen LogP contribution in [0.3, 0.4) is 0 Å². The summed E-state index contributed by atoms with van der Waals surface area (Å²) in [6.07, 6.45) is 0.638. The number of methoxy groups -OCH3 is 2. The molecule has 23 heavy (non-hydrogen) atoms. The molecule has 0 aliphatic heterocycles. The van der Waals surface area contributed by atoms with Crippen LogP contribution in [-0.4, -0.2) is 31.2 Å². The van der Waals surface area contributed by atoms with Crippen LogP contribution in [0.5, 0.6) is 11.5 Å². The van der Waals surface area contributed by atoms with Crippen LogP contribution in [0.15, 0.2) is 18.2 Å². The van der Waals surface area contributed by atoms with Crippen molar-refractivity contribution in [1.29, 1.82) is 0 Å². The lowest BCUT2D eigenvalue weighted by atomic mass is 10.0. The average molecular weight is 321 g/mol. The van der Waals surface area contributed by atoms with Crippen molar-refractivity contribution in [3.8, 4) is 11.5 Å². The fraction of sp³-hybridized carbons (Fsp3) is 0.529. The van der Waals surface area contributed by atoms with Crippen LogP contribution in [0.2, 0.25) is 0 Å². The number of carbonyl (C=O) groups excluding carboxylic acids is 1. The number of ether oxygens (including phenoxy) is 2. The van der Waals surface area contributed by atoms with Gasteiger partial charge in [0.25, 0.3) is 0 Å². The molecule has 2 atom stereocenters. The number of benzene rings is 1. The quantitative estimate of drug-likeness (QED) is 0.805. The van der Waals surface area contributed by atoms with Gasteiger partial charge in [-0.05, 0) is 29.5 Å². The average Bonchev–Trinajstić information content (AvgIpc) is 3.14. The summed E-state index contributed by atoms with van der Waals surface area (Å²) in [5, 5.41) is 12.0. The molecule has 1 aromatic rings. The van der Waals surface area contributed by atoms with Gasteiger partial charge in [-0.1, -0.05) is 19.9 Å². The first-order valence-electron chi connectivity index (χ1n) is 7.52. The molecule has 2 N–H and O–H groups in total. The molecule has 0 saturated heterocycles. The number of hydrogen-bond donors (Lipinski definition) is 2. The number of aliphatic carboxylic acids is 1. The molecular weight excluding hydrogens is 298 g/mol. The molecule has 2 rings (SSSR count). The van der Waals surface area contributed by atoms with Crippen molar-refractivity contribution < 1.29 is 24.2 Å². The largest absolute Gasteiger partial charge is 0.493 e. The maximum Gasteiger partial charge on any atom is 0.305 e. The summed E-state index contributed by atoms with van der Waals surface area (Å²) < 4.78 is 10.4. The third-order valence-corrected chi connectivity index (χ3v) is 4.34. The molecular formula is C17H23NO5. The molecule has 0 aromatic heterocycles. The number of amides is 1. The Labute approximate surface area is 135 Å². The minimum atomic E-state index is -0.972. The molecule has 6 heteroatoms. The highest BCUT2D eigenvalue weighted by Gasteiger charge is 2.50. The summed E-state index contributed by atoms with van der Waals surface area (Å²) >= 11 is 0. The van der Waals surface area contributed by atoms with Crippen molar-refractivity contribution in [2.24, 2.45) is 11.3 Å². The number of nitrogens with one attached hydrogen (secondary N) is 1. The minimum Gasteiger partial charge on any atom is -0.493 e. The lowest BCUT2D eigenvalue weighted by molar-refractivity contribution is -0.137. The van der Waals surface area contributed by atoms with Crippen molar-refractivity contribution in [3.63, 3.8) is 0 Å². The smallest absolute Gasteiger partial charge is 0.305 e. The van der Waals surface area contributed by atoms with E-state index in [2.05, 4.69) is 5.32 Å². The van der Waals surface area contributed by atoms with Gasteiger partial charge in [-0.25, -0.2) is 0 Å². The molecule has 0 heterocycles. The Hall–Kier alpha value is -2.24. The van der Waals surface area contributed by atoms with E-state index in [0.29, 0.717) is 17.1 Å². The van der Waals surface area contributed by atoms with Crippen molar-refractivity contribution in [2.75, 3.05) is 14.2 Å². The first kappa shape index (κ1) is 17.1. The molecule has 2 unspecified atom stereocenters. The summed E-state index contributed by atoms with van der Waals surface area (Å²) in [5.41, 5.74) is 0.673. The zero-order valence-corrected chi connectivity index (χ0v) is 13.9. The van der Waals surface area contributed by atoms with Crippen molar-refractivity contribution in [3.05, 3.63) is 23.8 Å². The van der Waals surface area contributed by atoms with Crippen LogP contribution in [0.4, 0.5) is 0 Å². The van der Waals surface area contributed by atoms with Crippen LogP contribution in [0.25, 0.3) is 0 Å². The lowest BCUT2D eigenvalue weighted by Gasteiger charge is -2.19. The van der Waals surface area contributed by atoms with E-state index in [1.165, 1.54) is 14.2 Å². The molecule has 1 aliphatic carbocycles. The number of hydrogen-bond acceptors (Lipinski definition) is 4. The Kier molecular flexibility index (Phi) is 4.82. The highest BCUT2D eigenvalue weighted by molar-refractivity contribution is 5.83. The zero-order valence-electron chi connectivity index (χ0n) is 13.9. The maximum absolute atomic E-state index is 12.3. The van der Waals surface area contributed by atoms with Gasteiger partial charge in [-0.3, -0.25) is 9.59 Å². The molecule has 1 saturated carbocycles. The van der Waals surface area contributed by atoms with Gasteiger partial charge in [0.1, 0.15) is 0 Å². The van der Waals surface area contributed by atoms with Crippen molar-refractivity contribution in [2.45, 2.75) is 32.7 Å². The summed E-state index contributed by atoms with van der Waals surface area (Å²) in [6.45, 7) is 4.06. The topological polar surface area (TPSA) is 84.9 Å².